The number of anilines is 2. The van der Waals surface area contributed by atoms with Crippen molar-refractivity contribution in [2.75, 3.05) is 43.0 Å². The lowest BCUT2D eigenvalue weighted by atomic mass is 10.1. The molecule has 8 nitrogen and oxygen atoms in total. The normalized spacial score (nSPS) is 20.5. The van der Waals surface area contributed by atoms with E-state index in [9.17, 15) is 4.79 Å². The van der Waals surface area contributed by atoms with Crippen LogP contribution < -0.4 is 25.7 Å². The van der Waals surface area contributed by atoms with Crippen molar-refractivity contribution in [1.82, 2.24) is 15.7 Å². The Bertz CT molecular complexity index is 960. The molecule has 1 aromatic carbocycles. The summed E-state index contributed by atoms with van der Waals surface area (Å²) in [5.41, 5.74) is 7.07. The molecular weight excluding hydrogens is 388 g/mol. The van der Waals surface area contributed by atoms with Gasteiger partial charge in [-0.1, -0.05) is 17.8 Å². The lowest BCUT2D eigenvalue weighted by Crippen LogP contribution is -2.43. The fourth-order valence-corrected chi connectivity index (χ4v) is 4.61. The zero-order valence-corrected chi connectivity index (χ0v) is 16.7. The first-order valence-corrected chi connectivity index (χ1v) is 10.6. The zero-order valence-electron chi connectivity index (χ0n) is 15.9. The van der Waals surface area contributed by atoms with E-state index in [1.165, 1.54) is 17.3 Å². The molecule has 1 saturated heterocycles. The van der Waals surface area contributed by atoms with Crippen LogP contribution in [0.5, 0.6) is 5.75 Å². The first-order chi connectivity index (χ1) is 14.3. The van der Waals surface area contributed by atoms with Gasteiger partial charge in [0, 0.05) is 38.8 Å². The van der Waals surface area contributed by atoms with Gasteiger partial charge >= 0.3 is 0 Å². The maximum Gasteiger partial charge on any atom is 0.282 e. The molecule has 150 valence electrons. The molecule has 3 N–H and O–H groups in total. The minimum absolute atomic E-state index is 0.0804. The quantitative estimate of drug-likeness (QED) is 0.707. The van der Waals surface area contributed by atoms with E-state index in [1.54, 1.807) is 12.4 Å². The number of pyridine rings is 1. The van der Waals surface area contributed by atoms with Crippen LogP contribution >= 0.6 is 11.8 Å². The van der Waals surface area contributed by atoms with Crippen LogP contribution in [-0.4, -0.2) is 48.7 Å². The molecular formula is C20H22N6O2S. The third-order valence-corrected chi connectivity index (χ3v) is 6.34. The summed E-state index contributed by atoms with van der Waals surface area (Å²) in [6.07, 6.45) is 4.37. The summed E-state index contributed by atoms with van der Waals surface area (Å²) >= 11 is 1.42. The second kappa shape index (κ2) is 7.92. The molecule has 29 heavy (non-hydrogen) atoms. The van der Waals surface area contributed by atoms with E-state index in [0.29, 0.717) is 10.7 Å². The molecule has 1 fully saturated rings. The van der Waals surface area contributed by atoms with Crippen molar-refractivity contribution in [2.45, 2.75) is 11.8 Å². The molecule has 0 saturated carbocycles. The molecule has 2 aromatic rings. The van der Waals surface area contributed by atoms with Crippen LogP contribution in [0.4, 0.5) is 11.4 Å². The van der Waals surface area contributed by atoms with Crippen LogP contribution in [0.1, 0.15) is 16.5 Å². The van der Waals surface area contributed by atoms with Crippen LogP contribution in [-0.2, 0) is 11.2 Å². The standard InChI is InChI=1S/C20H22N6O2S/c27-18(23-15-12-22-5-3-16(15)26-8-6-21-7-9-26)20-25-24-19(29-20)14-1-2-17-13(11-14)4-10-28-17/h1-3,5,11-12,19,21,24H,4,6-10H2,(H,23,27). The van der Waals surface area contributed by atoms with Crippen LogP contribution in [0.15, 0.2) is 41.8 Å². The number of nitrogens with one attached hydrogen (secondary N) is 3. The van der Waals surface area contributed by atoms with Gasteiger partial charge in [0.25, 0.3) is 5.91 Å². The predicted molar refractivity (Wildman–Crippen MR) is 114 cm³/mol. The largest absolute Gasteiger partial charge is 0.493 e. The van der Waals surface area contributed by atoms with Crippen LogP contribution in [0, 0.1) is 0 Å². The number of hydrogen-bond acceptors (Lipinski definition) is 8. The van der Waals surface area contributed by atoms with Crippen molar-refractivity contribution >= 4 is 34.1 Å². The lowest BCUT2D eigenvalue weighted by Gasteiger charge is -2.30. The second-order valence-corrected chi connectivity index (χ2v) is 8.19. The summed E-state index contributed by atoms with van der Waals surface area (Å²) in [6.45, 7) is 4.38. The maximum atomic E-state index is 12.8. The number of benzene rings is 1. The summed E-state index contributed by atoms with van der Waals surface area (Å²) in [5, 5.41) is 10.9. The summed E-state index contributed by atoms with van der Waals surface area (Å²) in [4.78, 5) is 19.3. The van der Waals surface area contributed by atoms with Gasteiger partial charge in [-0.15, -0.1) is 0 Å². The van der Waals surface area contributed by atoms with Crippen LogP contribution in [0.3, 0.4) is 0 Å². The molecule has 3 aliphatic heterocycles. The van der Waals surface area contributed by atoms with E-state index < -0.39 is 0 Å². The Morgan fingerprint density at radius 1 is 1.28 bits per heavy atom. The highest BCUT2D eigenvalue weighted by Gasteiger charge is 2.28. The van der Waals surface area contributed by atoms with E-state index in [2.05, 4.69) is 37.1 Å². The molecule has 1 atom stereocenters. The Hall–Kier alpha value is -2.78. The number of piperazine rings is 1. The van der Waals surface area contributed by atoms with Gasteiger partial charge in [-0.3, -0.25) is 15.2 Å². The summed E-state index contributed by atoms with van der Waals surface area (Å²) in [5.74, 6) is 0.728. The summed E-state index contributed by atoms with van der Waals surface area (Å²) in [6, 6.07) is 8.09. The van der Waals surface area contributed by atoms with Crippen molar-refractivity contribution in [3.05, 3.63) is 47.8 Å². The number of amides is 1. The van der Waals surface area contributed by atoms with Gasteiger partial charge in [-0.05, 0) is 29.3 Å². The zero-order chi connectivity index (χ0) is 19.6. The van der Waals surface area contributed by atoms with Crippen molar-refractivity contribution in [3.63, 3.8) is 0 Å². The number of thioether (sulfide) groups is 1. The fraction of sp³-hybridized carbons (Fsp3) is 0.350. The highest BCUT2D eigenvalue weighted by Crippen LogP contribution is 2.36. The highest BCUT2D eigenvalue weighted by atomic mass is 32.2. The molecule has 0 spiro atoms. The molecule has 0 bridgehead atoms. The lowest BCUT2D eigenvalue weighted by molar-refractivity contribution is -0.110. The van der Waals surface area contributed by atoms with E-state index in [1.807, 2.05) is 18.2 Å². The Labute approximate surface area is 173 Å². The Kier molecular flexibility index (Phi) is 4.99. The Morgan fingerprint density at radius 3 is 3.07 bits per heavy atom. The fourth-order valence-electron chi connectivity index (χ4n) is 3.74. The minimum Gasteiger partial charge on any atom is -0.493 e. The van der Waals surface area contributed by atoms with Gasteiger partial charge in [0.1, 0.15) is 11.1 Å². The van der Waals surface area contributed by atoms with E-state index in [0.717, 1.165) is 56.2 Å². The number of carbonyl (C=O) groups excluding carboxylic acids is 1. The number of hydrogen-bond donors (Lipinski definition) is 3. The molecule has 1 aromatic heterocycles. The first-order valence-electron chi connectivity index (χ1n) is 9.74. The number of nitrogens with zero attached hydrogens (tertiary/aromatic N) is 3. The third-order valence-electron chi connectivity index (χ3n) is 5.23. The minimum atomic E-state index is -0.223. The number of aromatic nitrogens is 1. The van der Waals surface area contributed by atoms with Gasteiger partial charge in [0.2, 0.25) is 0 Å². The molecule has 9 heteroatoms. The van der Waals surface area contributed by atoms with E-state index in [4.69, 9.17) is 4.74 Å². The molecule has 1 unspecified atom stereocenters. The molecule has 1 amide bonds. The Morgan fingerprint density at radius 2 is 2.17 bits per heavy atom. The van der Waals surface area contributed by atoms with Gasteiger partial charge in [0.15, 0.2) is 5.04 Å². The average Bonchev–Trinajstić information content (AvgIpc) is 3.44. The maximum absolute atomic E-state index is 12.8. The molecule has 5 rings (SSSR count). The molecule has 4 heterocycles. The smallest absolute Gasteiger partial charge is 0.282 e. The van der Waals surface area contributed by atoms with E-state index >= 15 is 0 Å². The van der Waals surface area contributed by atoms with Crippen molar-refractivity contribution in [2.24, 2.45) is 5.10 Å². The van der Waals surface area contributed by atoms with Gasteiger partial charge in [-0.2, -0.15) is 5.10 Å². The molecule has 3 aliphatic rings. The number of carbonyl (C=O) groups is 1. The average molecular weight is 411 g/mol. The monoisotopic (exact) mass is 410 g/mol. The number of rotatable bonds is 4. The molecule has 0 radical (unpaired) electrons. The second-order valence-electron chi connectivity index (χ2n) is 7.09. The first kappa shape index (κ1) is 18.3. The summed E-state index contributed by atoms with van der Waals surface area (Å²) in [7, 11) is 0. The topological polar surface area (TPSA) is 90.9 Å². The SMILES string of the molecule is O=C(Nc1cnccc1N1CCNCC1)C1=NNC(c2ccc3c(c2)CCO3)S1. The number of hydrazone groups is 1. The van der Waals surface area contributed by atoms with Crippen molar-refractivity contribution in [3.8, 4) is 5.75 Å². The van der Waals surface area contributed by atoms with Crippen molar-refractivity contribution < 1.29 is 9.53 Å². The number of fused-ring (bicyclic) bond motifs is 1. The van der Waals surface area contributed by atoms with Crippen molar-refractivity contribution in [1.29, 1.82) is 0 Å². The van der Waals surface area contributed by atoms with Crippen LogP contribution in [0.25, 0.3) is 0 Å². The van der Waals surface area contributed by atoms with Gasteiger partial charge < -0.3 is 20.3 Å². The number of ether oxygens (including phenoxy) is 1. The van der Waals surface area contributed by atoms with Crippen LogP contribution in [0.2, 0.25) is 0 Å². The van der Waals surface area contributed by atoms with E-state index in [-0.39, 0.29) is 11.3 Å². The molecule has 0 aliphatic carbocycles. The van der Waals surface area contributed by atoms with Gasteiger partial charge in [0.05, 0.1) is 24.2 Å². The third kappa shape index (κ3) is 3.75. The Balaban J connectivity index is 1.27. The summed E-state index contributed by atoms with van der Waals surface area (Å²) < 4.78 is 5.57. The highest BCUT2D eigenvalue weighted by molar-refractivity contribution is 8.16. The van der Waals surface area contributed by atoms with Gasteiger partial charge in [-0.25, -0.2) is 0 Å². The predicted octanol–water partition coefficient (Wildman–Crippen LogP) is 1.71.